The molecule has 1 atom stereocenters. The number of carbonyl (C=O) groups excluding carboxylic acids is 1. The van der Waals surface area contributed by atoms with Crippen LogP contribution < -0.4 is 4.74 Å². The third-order valence-electron chi connectivity index (χ3n) is 2.95. The highest BCUT2D eigenvalue weighted by molar-refractivity contribution is 5.64. The van der Waals surface area contributed by atoms with Crippen LogP contribution in [0.2, 0.25) is 0 Å². The van der Waals surface area contributed by atoms with E-state index in [1.165, 1.54) is 0 Å². The van der Waals surface area contributed by atoms with Crippen molar-refractivity contribution >= 4 is 6.16 Å². The first-order valence-electron chi connectivity index (χ1n) is 5.25. The lowest BCUT2D eigenvalue weighted by atomic mass is 9.88. The zero-order valence-corrected chi connectivity index (χ0v) is 9.86. The molecule has 0 amide bonds. The number of hydrogen-bond donors (Lipinski definition) is 0. The molecule has 0 N–H and O–H groups in total. The molecule has 0 spiro atoms. The molecule has 1 heterocycles. The zero-order valence-electron chi connectivity index (χ0n) is 9.86. The van der Waals surface area contributed by atoms with Crippen LogP contribution in [0.1, 0.15) is 12.5 Å². The van der Waals surface area contributed by atoms with Crippen molar-refractivity contribution in [3.05, 3.63) is 42.0 Å². The molecule has 1 fully saturated rings. The number of hydrogen-bond acceptors (Lipinski definition) is 4. The average Bonchev–Trinajstić information content (AvgIpc) is 2.34. The van der Waals surface area contributed by atoms with Crippen molar-refractivity contribution < 1.29 is 19.0 Å². The van der Waals surface area contributed by atoms with E-state index in [-0.39, 0.29) is 6.61 Å². The molecule has 17 heavy (non-hydrogen) atoms. The van der Waals surface area contributed by atoms with E-state index < -0.39 is 11.8 Å². The average molecular weight is 234 g/mol. The van der Waals surface area contributed by atoms with E-state index in [2.05, 4.69) is 6.58 Å². The van der Waals surface area contributed by atoms with Crippen molar-refractivity contribution in [2.24, 2.45) is 0 Å². The maximum atomic E-state index is 11.2. The minimum Gasteiger partial charge on any atom is -0.497 e. The Hall–Kier alpha value is -1.97. The van der Waals surface area contributed by atoms with Crippen molar-refractivity contribution in [1.29, 1.82) is 0 Å². The summed E-state index contributed by atoms with van der Waals surface area (Å²) in [5, 5.41) is 0. The number of cyclic esters (lactones) is 2. The monoisotopic (exact) mass is 234 g/mol. The van der Waals surface area contributed by atoms with Gasteiger partial charge in [0.05, 0.1) is 7.11 Å². The molecule has 4 nitrogen and oxygen atoms in total. The van der Waals surface area contributed by atoms with Crippen molar-refractivity contribution in [3.8, 4) is 5.75 Å². The molecule has 2 rings (SSSR count). The van der Waals surface area contributed by atoms with E-state index in [1.807, 2.05) is 24.3 Å². The Morgan fingerprint density at radius 3 is 2.94 bits per heavy atom. The van der Waals surface area contributed by atoms with Crippen LogP contribution in [0.4, 0.5) is 4.79 Å². The minimum atomic E-state index is -0.857. The normalized spacial score (nSPS) is 23.9. The van der Waals surface area contributed by atoms with Crippen LogP contribution in [0.3, 0.4) is 0 Å². The van der Waals surface area contributed by atoms with Crippen LogP contribution in [-0.4, -0.2) is 19.9 Å². The molecule has 0 bridgehead atoms. The Balaban J connectivity index is 2.41. The molecule has 0 aromatic heterocycles. The van der Waals surface area contributed by atoms with Gasteiger partial charge in [0.2, 0.25) is 0 Å². The van der Waals surface area contributed by atoms with E-state index in [0.29, 0.717) is 11.3 Å². The molecule has 1 aliphatic heterocycles. The third kappa shape index (κ3) is 1.98. The predicted octanol–water partition coefficient (Wildman–Crippen LogP) is 2.63. The van der Waals surface area contributed by atoms with E-state index >= 15 is 0 Å². The first kappa shape index (κ1) is 11.5. The van der Waals surface area contributed by atoms with Crippen LogP contribution >= 0.6 is 0 Å². The van der Waals surface area contributed by atoms with Gasteiger partial charge in [-0.15, -0.1) is 0 Å². The van der Waals surface area contributed by atoms with Gasteiger partial charge in [-0.2, -0.15) is 0 Å². The third-order valence-corrected chi connectivity index (χ3v) is 2.95. The van der Waals surface area contributed by atoms with E-state index in [9.17, 15) is 4.79 Å². The Bertz CT molecular complexity index is 466. The second kappa shape index (κ2) is 4.13. The standard InChI is InChI=1S/C13H14O4/c1-9-8-16-12(14)17-13(9,2)10-5-4-6-11(7-10)15-3/h4-7H,1,8H2,2-3H3. The van der Waals surface area contributed by atoms with Crippen LogP contribution in [0.25, 0.3) is 0 Å². The van der Waals surface area contributed by atoms with Gasteiger partial charge < -0.3 is 14.2 Å². The highest BCUT2D eigenvalue weighted by atomic mass is 16.7. The minimum absolute atomic E-state index is 0.173. The lowest BCUT2D eigenvalue weighted by Gasteiger charge is -2.35. The van der Waals surface area contributed by atoms with Gasteiger partial charge in [0.25, 0.3) is 0 Å². The first-order valence-corrected chi connectivity index (χ1v) is 5.25. The van der Waals surface area contributed by atoms with Gasteiger partial charge in [-0.25, -0.2) is 4.79 Å². The summed E-state index contributed by atoms with van der Waals surface area (Å²) in [5.74, 6) is 0.707. The first-order chi connectivity index (χ1) is 8.06. The highest BCUT2D eigenvalue weighted by Crippen LogP contribution is 2.37. The van der Waals surface area contributed by atoms with Crippen LogP contribution in [0, 0.1) is 0 Å². The van der Waals surface area contributed by atoms with Crippen molar-refractivity contribution in [2.75, 3.05) is 13.7 Å². The molecule has 1 aliphatic rings. The maximum absolute atomic E-state index is 11.2. The topological polar surface area (TPSA) is 44.8 Å². The molecule has 4 heteroatoms. The summed E-state index contributed by atoms with van der Waals surface area (Å²) in [6.45, 7) is 5.86. The van der Waals surface area contributed by atoms with Crippen LogP contribution in [0.15, 0.2) is 36.4 Å². The summed E-state index contributed by atoms with van der Waals surface area (Å²) in [4.78, 5) is 11.2. The number of rotatable bonds is 2. The van der Waals surface area contributed by atoms with E-state index in [4.69, 9.17) is 14.2 Å². The molecule has 1 aromatic carbocycles. The Kier molecular flexibility index (Phi) is 2.79. The van der Waals surface area contributed by atoms with Crippen molar-refractivity contribution in [2.45, 2.75) is 12.5 Å². The van der Waals surface area contributed by atoms with Crippen LogP contribution in [-0.2, 0) is 15.1 Å². The summed E-state index contributed by atoms with van der Waals surface area (Å²) < 4.78 is 15.2. The Morgan fingerprint density at radius 2 is 2.24 bits per heavy atom. The molecule has 0 saturated carbocycles. The maximum Gasteiger partial charge on any atom is 0.509 e. The molecule has 1 saturated heterocycles. The second-order valence-electron chi connectivity index (χ2n) is 4.01. The molecule has 1 unspecified atom stereocenters. The van der Waals surface area contributed by atoms with E-state index in [1.54, 1.807) is 14.0 Å². The number of methoxy groups -OCH3 is 1. The molecule has 1 aromatic rings. The van der Waals surface area contributed by atoms with Gasteiger partial charge in [0.1, 0.15) is 12.4 Å². The fourth-order valence-electron chi connectivity index (χ4n) is 1.73. The molecule has 0 aliphatic carbocycles. The Labute approximate surface area is 99.8 Å². The lowest BCUT2D eigenvalue weighted by Crippen LogP contribution is -2.38. The fourth-order valence-corrected chi connectivity index (χ4v) is 1.73. The summed E-state index contributed by atoms with van der Waals surface area (Å²) in [5.41, 5.74) is 0.660. The largest absolute Gasteiger partial charge is 0.509 e. The molecule has 90 valence electrons. The van der Waals surface area contributed by atoms with Gasteiger partial charge in [-0.05, 0) is 19.1 Å². The second-order valence-corrected chi connectivity index (χ2v) is 4.01. The summed E-state index contributed by atoms with van der Waals surface area (Å²) in [6.07, 6.45) is -0.678. The number of ether oxygens (including phenoxy) is 3. The van der Waals surface area contributed by atoms with Gasteiger partial charge >= 0.3 is 6.16 Å². The predicted molar refractivity (Wildman–Crippen MR) is 61.9 cm³/mol. The quantitative estimate of drug-likeness (QED) is 0.583. The number of carbonyl (C=O) groups is 1. The summed E-state index contributed by atoms with van der Waals surface area (Å²) in [6, 6.07) is 7.36. The Morgan fingerprint density at radius 1 is 1.47 bits per heavy atom. The van der Waals surface area contributed by atoms with Gasteiger partial charge in [-0.1, -0.05) is 18.7 Å². The SMILES string of the molecule is C=C1COC(=O)OC1(C)c1cccc(OC)c1. The molecular formula is C13H14O4. The van der Waals surface area contributed by atoms with E-state index in [0.717, 1.165) is 5.56 Å². The zero-order chi connectivity index (χ0) is 12.5. The van der Waals surface area contributed by atoms with Gasteiger partial charge in [0, 0.05) is 11.1 Å². The summed E-state index contributed by atoms with van der Waals surface area (Å²) in [7, 11) is 1.59. The van der Waals surface area contributed by atoms with Gasteiger partial charge in [-0.3, -0.25) is 0 Å². The number of benzene rings is 1. The summed E-state index contributed by atoms with van der Waals surface area (Å²) >= 11 is 0. The van der Waals surface area contributed by atoms with Gasteiger partial charge in [0.15, 0.2) is 5.60 Å². The van der Waals surface area contributed by atoms with Crippen LogP contribution in [0.5, 0.6) is 5.75 Å². The van der Waals surface area contributed by atoms with Crippen molar-refractivity contribution in [1.82, 2.24) is 0 Å². The highest BCUT2D eigenvalue weighted by Gasteiger charge is 2.39. The lowest BCUT2D eigenvalue weighted by molar-refractivity contribution is -0.0410. The van der Waals surface area contributed by atoms with Crippen molar-refractivity contribution in [3.63, 3.8) is 0 Å². The smallest absolute Gasteiger partial charge is 0.497 e. The fraction of sp³-hybridized carbons (Fsp3) is 0.308. The molecule has 0 radical (unpaired) electrons. The molecular weight excluding hydrogens is 220 g/mol.